The average Bonchev–Trinajstić information content (AvgIpc) is 3.16. The van der Waals surface area contributed by atoms with Crippen LogP contribution in [0.2, 0.25) is 0 Å². The first-order valence-corrected chi connectivity index (χ1v) is 18.4. The van der Waals surface area contributed by atoms with E-state index in [1.807, 2.05) is 36.4 Å². The van der Waals surface area contributed by atoms with Gasteiger partial charge in [0.25, 0.3) is 0 Å². The van der Waals surface area contributed by atoms with Crippen molar-refractivity contribution in [3.05, 3.63) is 77.4 Å². The molecule has 292 valence electrons. The Morgan fingerprint density at radius 3 is 2.31 bits per heavy atom. The van der Waals surface area contributed by atoms with Gasteiger partial charge in [-0.25, -0.2) is 9.37 Å². The fourth-order valence-corrected chi connectivity index (χ4v) is 6.99. The lowest BCUT2D eigenvalue weighted by Gasteiger charge is -2.36. The second-order valence-electron chi connectivity index (χ2n) is 13.5. The van der Waals surface area contributed by atoms with Crippen molar-refractivity contribution in [2.24, 2.45) is 5.73 Å². The topological polar surface area (TPSA) is 244 Å². The lowest BCUT2D eigenvalue weighted by atomic mass is 10.0. The van der Waals surface area contributed by atoms with Crippen molar-refractivity contribution in [1.29, 1.82) is 0 Å². The largest absolute Gasteiger partial charge is 0.506 e. The number of aromatic nitrogens is 3. The summed E-state index contributed by atoms with van der Waals surface area (Å²) in [5.41, 5.74) is 6.07. The number of aromatic hydroxyl groups is 1. The number of hydrogen-bond donors (Lipinski definition) is 7. The number of nitrogens with one attached hydrogen (secondary N) is 2. The van der Waals surface area contributed by atoms with Crippen LogP contribution in [0.5, 0.6) is 5.75 Å². The number of carbonyl (C=O) groups is 4. The molecule has 0 spiro atoms. The Balaban J connectivity index is 1.30. The molecule has 55 heavy (non-hydrogen) atoms. The van der Waals surface area contributed by atoms with Crippen LogP contribution in [0.4, 0.5) is 16.0 Å². The Bertz CT molecular complexity index is 2040. The number of nitrogens with zero attached hydrogens (tertiary/aromatic N) is 5. The number of rotatable bonds is 16. The van der Waals surface area contributed by atoms with Crippen molar-refractivity contribution in [3.63, 3.8) is 0 Å². The third-order valence-electron chi connectivity index (χ3n) is 9.09. The fraction of sp³-hybridized carbons (Fsp3) is 0.378. The van der Waals surface area contributed by atoms with E-state index in [0.29, 0.717) is 43.3 Å². The summed E-state index contributed by atoms with van der Waals surface area (Å²) in [6, 6.07) is 11.3. The number of aliphatic hydroxyl groups is 1. The van der Waals surface area contributed by atoms with Crippen LogP contribution in [-0.2, 0) is 31.2 Å². The summed E-state index contributed by atoms with van der Waals surface area (Å²) in [7, 11) is 0. The standard InChI is InChI=1S/C37H43FN8O8S/c1-37(2,54)22-8-11-29(40-18-22)45-13-15-46(16-14-45)34-24-6-4-3-5-23(24)27(43-44-34)17-21-7-9-25(38)33(32(21)50)55-20-28(35(51)41-19-31(48)49)42-30(47)12-10-26(39)36(52)53/h3-9,11,18,26,28,50,54H,10,12-17,19-20,39H2,1-2H3,(H,41,51)(H,42,47)(H,48,49)(H,52,53)/t26-,28-/m0/s1. The first kappa shape index (κ1) is 40.6. The molecule has 1 aliphatic heterocycles. The number of carbonyl (C=O) groups excluding carboxylic acids is 2. The molecule has 0 saturated carbocycles. The van der Waals surface area contributed by atoms with Crippen LogP contribution in [0.15, 0.2) is 59.6 Å². The Morgan fingerprint density at radius 2 is 1.67 bits per heavy atom. The summed E-state index contributed by atoms with van der Waals surface area (Å²) >= 11 is 0.736. The maximum absolute atomic E-state index is 15.2. The normalized spacial score (nSPS) is 14.3. The van der Waals surface area contributed by atoms with Gasteiger partial charge in [0.2, 0.25) is 11.8 Å². The molecule has 0 bridgehead atoms. The minimum absolute atomic E-state index is 0.0800. The lowest BCUT2D eigenvalue weighted by Crippen LogP contribution is -2.49. The molecule has 0 aliphatic carbocycles. The second-order valence-corrected chi connectivity index (χ2v) is 14.6. The molecule has 3 heterocycles. The highest BCUT2D eigenvalue weighted by atomic mass is 32.2. The van der Waals surface area contributed by atoms with Gasteiger partial charge in [-0.05, 0) is 32.4 Å². The van der Waals surface area contributed by atoms with E-state index in [1.54, 1.807) is 20.0 Å². The average molecular weight is 779 g/mol. The number of thioether (sulfide) groups is 1. The summed E-state index contributed by atoms with van der Waals surface area (Å²) in [6.07, 6.45) is 1.21. The number of piperazine rings is 1. The van der Waals surface area contributed by atoms with Crippen molar-refractivity contribution < 1.29 is 44.0 Å². The van der Waals surface area contributed by atoms with Gasteiger partial charge >= 0.3 is 11.9 Å². The van der Waals surface area contributed by atoms with Gasteiger partial charge in [-0.3, -0.25) is 19.2 Å². The summed E-state index contributed by atoms with van der Waals surface area (Å²) in [5, 5.41) is 54.9. The number of benzene rings is 2. The molecule has 4 aromatic rings. The molecule has 1 fully saturated rings. The van der Waals surface area contributed by atoms with Gasteiger partial charge in [-0.2, -0.15) is 5.10 Å². The summed E-state index contributed by atoms with van der Waals surface area (Å²) in [6.45, 7) is 5.35. The number of amides is 2. The van der Waals surface area contributed by atoms with Crippen molar-refractivity contribution in [1.82, 2.24) is 25.8 Å². The third-order valence-corrected chi connectivity index (χ3v) is 10.3. The molecule has 1 saturated heterocycles. The zero-order valence-corrected chi connectivity index (χ0v) is 31.1. The van der Waals surface area contributed by atoms with E-state index in [2.05, 4.69) is 35.6 Å². The number of carboxylic acids is 2. The first-order chi connectivity index (χ1) is 26.1. The number of aliphatic carboxylic acids is 2. The molecule has 2 amide bonds. The number of anilines is 2. The molecule has 2 aromatic heterocycles. The highest BCUT2D eigenvalue weighted by molar-refractivity contribution is 7.99. The fourth-order valence-electron chi connectivity index (χ4n) is 5.95. The second kappa shape index (κ2) is 17.7. The first-order valence-electron chi connectivity index (χ1n) is 17.5. The summed E-state index contributed by atoms with van der Waals surface area (Å²) in [5.74, 6) is -4.21. The van der Waals surface area contributed by atoms with Crippen LogP contribution in [0.25, 0.3) is 10.8 Å². The zero-order chi connectivity index (χ0) is 39.9. The molecule has 1 aliphatic rings. The highest BCUT2D eigenvalue weighted by Gasteiger charge is 2.26. The van der Waals surface area contributed by atoms with Crippen LogP contribution in [0.3, 0.4) is 0 Å². The number of nitrogens with two attached hydrogens (primary N) is 1. The summed E-state index contributed by atoms with van der Waals surface area (Å²) in [4.78, 5) is 56.1. The number of hydrogen-bond acceptors (Lipinski definition) is 13. The van der Waals surface area contributed by atoms with E-state index in [4.69, 9.17) is 15.9 Å². The van der Waals surface area contributed by atoms with Crippen LogP contribution < -0.4 is 26.2 Å². The van der Waals surface area contributed by atoms with Crippen molar-refractivity contribution >= 4 is 57.9 Å². The molecule has 0 radical (unpaired) electrons. The number of phenolic OH excluding ortho intramolecular Hbond substituents is 1. The van der Waals surface area contributed by atoms with Crippen molar-refractivity contribution in [2.75, 3.05) is 48.3 Å². The van der Waals surface area contributed by atoms with Crippen LogP contribution >= 0.6 is 11.8 Å². The molecular formula is C37H43FN8O8S. The third kappa shape index (κ3) is 10.3. The van der Waals surface area contributed by atoms with Gasteiger partial charge in [0.1, 0.15) is 36.0 Å². The minimum Gasteiger partial charge on any atom is -0.506 e. The molecule has 2 atom stereocenters. The number of fused-ring (bicyclic) bond motifs is 1. The maximum Gasteiger partial charge on any atom is 0.322 e. The minimum atomic E-state index is -1.36. The van der Waals surface area contributed by atoms with E-state index in [-0.39, 0.29) is 29.9 Å². The quantitative estimate of drug-likeness (QED) is 0.0805. The molecule has 18 heteroatoms. The monoisotopic (exact) mass is 778 g/mol. The van der Waals surface area contributed by atoms with E-state index >= 15 is 4.39 Å². The zero-order valence-electron chi connectivity index (χ0n) is 30.2. The van der Waals surface area contributed by atoms with Gasteiger partial charge in [0.05, 0.1) is 16.2 Å². The SMILES string of the molecule is CC(C)(O)c1ccc(N2CCN(c3nnc(Cc4ccc(F)c(SC[C@H](NC(=O)CC[C@H](N)C(=O)O)C(=O)NCC(=O)O)c4O)c4ccccc34)CC2)nc1. The van der Waals surface area contributed by atoms with Crippen LogP contribution in [0.1, 0.15) is 43.5 Å². The van der Waals surface area contributed by atoms with Crippen molar-refractivity contribution in [2.45, 2.75) is 55.7 Å². The lowest BCUT2D eigenvalue weighted by molar-refractivity contribution is -0.139. The maximum atomic E-state index is 15.2. The number of halogens is 1. The predicted octanol–water partition coefficient (Wildman–Crippen LogP) is 1.98. The van der Waals surface area contributed by atoms with Crippen LogP contribution in [0, 0.1) is 5.82 Å². The Hall–Kier alpha value is -5.59. The highest BCUT2D eigenvalue weighted by Crippen LogP contribution is 2.37. The van der Waals surface area contributed by atoms with E-state index in [9.17, 15) is 29.4 Å². The molecule has 5 rings (SSSR count). The molecular weight excluding hydrogens is 736 g/mol. The predicted molar refractivity (Wildman–Crippen MR) is 202 cm³/mol. The van der Waals surface area contributed by atoms with E-state index in [1.165, 1.54) is 12.1 Å². The van der Waals surface area contributed by atoms with Gasteiger partial charge in [0, 0.05) is 72.9 Å². The van der Waals surface area contributed by atoms with Crippen LogP contribution in [-0.4, -0.2) is 110 Å². The van der Waals surface area contributed by atoms with Gasteiger partial charge < -0.3 is 46.6 Å². The van der Waals surface area contributed by atoms with Gasteiger partial charge in [-0.15, -0.1) is 16.9 Å². The molecule has 0 unspecified atom stereocenters. The number of phenols is 1. The Kier molecular flexibility index (Phi) is 13.1. The number of pyridine rings is 1. The van der Waals surface area contributed by atoms with Gasteiger partial charge in [-0.1, -0.05) is 36.4 Å². The molecule has 8 N–H and O–H groups in total. The number of carboxylic acid groups (broad SMARTS) is 2. The van der Waals surface area contributed by atoms with Crippen molar-refractivity contribution in [3.8, 4) is 5.75 Å². The smallest absolute Gasteiger partial charge is 0.322 e. The van der Waals surface area contributed by atoms with E-state index < -0.39 is 59.5 Å². The Labute approximate surface area is 319 Å². The summed E-state index contributed by atoms with van der Waals surface area (Å²) < 4.78 is 15.2. The van der Waals surface area contributed by atoms with Gasteiger partial charge in [0.15, 0.2) is 5.82 Å². The Morgan fingerprint density at radius 1 is 0.982 bits per heavy atom. The van der Waals surface area contributed by atoms with E-state index in [0.717, 1.165) is 33.9 Å². The molecule has 16 nitrogen and oxygen atoms in total. The molecule has 2 aromatic carbocycles.